The molecule has 0 spiro atoms. The maximum atomic E-state index is 11.6. The summed E-state index contributed by atoms with van der Waals surface area (Å²) >= 11 is 0. The minimum atomic E-state index is -0.236. The normalized spacial score (nSPS) is 9.93. The number of anilines is 1. The number of H-pyrrole nitrogens is 1. The van der Waals surface area contributed by atoms with E-state index in [2.05, 4.69) is 20.5 Å². The van der Waals surface area contributed by atoms with Crippen molar-refractivity contribution in [3.63, 3.8) is 0 Å². The van der Waals surface area contributed by atoms with Crippen LogP contribution in [0.15, 0.2) is 30.7 Å². The summed E-state index contributed by atoms with van der Waals surface area (Å²) < 4.78 is 0. The molecule has 0 saturated heterocycles. The van der Waals surface area contributed by atoms with Gasteiger partial charge in [-0.3, -0.25) is 14.9 Å². The van der Waals surface area contributed by atoms with Gasteiger partial charge in [-0.05, 0) is 24.6 Å². The highest BCUT2D eigenvalue weighted by molar-refractivity contribution is 6.02. The average Bonchev–Trinajstić information content (AvgIpc) is 2.70. The number of rotatable bonds is 2. The van der Waals surface area contributed by atoms with Crippen LogP contribution < -0.4 is 5.32 Å². The molecule has 5 heteroatoms. The highest BCUT2D eigenvalue weighted by Gasteiger charge is 2.07. The third-order valence-electron chi connectivity index (χ3n) is 1.90. The molecule has 0 aliphatic carbocycles. The third-order valence-corrected chi connectivity index (χ3v) is 1.90. The van der Waals surface area contributed by atoms with Crippen molar-refractivity contribution in [1.29, 1.82) is 0 Å². The minimum absolute atomic E-state index is 0.236. The van der Waals surface area contributed by atoms with Gasteiger partial charge in [0.1, 0.15) is 5.69 Å². The zero-order valence-corrected chi connectivity index (χ0v) is 8.19. The van der Waals surface area contributed by atoms with E-state index in [1.165, 1.54) is 6.20 Å². The summed E-state index contributed by atoms with van der Waals surface area (Å²) in [6.07, 6.45) is 4.75. The molecule has 2 heterocycles. The van der Waals surface area contributed by atoms with E-state index in [9.17, 15) is 4.79 Å². The number of aromatic nitrogens is 3. The van der Waals surface area contributed by atoms with E-state index in [4.69, 9.17) is 0 Å². The second-order valence-electron chi connectivity index (χ2n) is 3.16. The van der Waals surface area contributed by atoms with Crippen molar-refractivity contribution in [3.05, 3.63) is 42.0 Å². The molecule has 0 fully saturated rings. The van der Waals surface area contributed by atoms with Crippen molar-refractivity contribution < 1.29 is 4.79 Å². The Morgan fingerprint density at radius 1 is 1.53 bits per heavy atom. The SMILES string of the molecule is Cc1ccnc(C(=O)Nc2cn[nH]c2)c1. The number of hydrogen-bond donors (Lipinski definition) is 2. The van der Waals surface area contributed by atoms with Crippen molar-refractivity contribution in [2.24, 2.45) is 0 Å². The van der Waals surface area contributed by atoms with E-state index in [1.54, 1.807) is 18.5 Å². The van der Waals surface area contributed by atoms with Gasteiger partial charge in [0.05, 0.1) is 11.9 Å². The summed E-state index contributed by atoms with van der Waals surface area (Å²) in [5.41, 5.74) is 2.03. The monoisotopic (exact) mass is 202 g/mol. The van der Waals surface area contributed by atoms with Gasteiger partial charge < -0.3 is 5.32 Å². The number of nitrogens with one attached hydrogen (secondary N) is 2. The van der Waals surface area contributed by atoms with Crippen molar-refractivity contribution in [2.45, 2.75) is 6.92 Å². The van der Waals surface area contributed by atoms with Gasteiger partial charge in [0.25, 0.3) is 5.91 Å². The Kier molecular flexibility index (Phi) is 2.45. The Morgan fingerprint density at radius 3 is 3.07 bits per heavy atom. The fraction of sp³-hybridized carbons (Fsp3) is 0.100. The highest BCUT2D eigenvalue weighted by Crippen LogP contribution is 2.05. The first-order valence-corrected chi connectivity index (χ1v) is 4.48. The highest BCUT2D eigenvalue weighted by atomic mass is 16.1. The Bertz CT molecular complexity index is 464. The Hall–Kier alpha value is -2.17. The molecular weight excluding hydrogens is 192 g/mol. The average molecular weight is 202 g/mol. The number of pyridine rings is 1. The van der Waals surface area contributed by atoms with Gasteiger partial charge in [0.15, 0.2) is 0 Å². The Morgan fingerprint density at radius 2 is 2.40 bits per heavy atom. The number of aromatic amines is 1. The lowest BCUT2D eigenvalue weighted by atomic mass is 10.2. The number of nitrogens with zero attached hydrogens (tertiary/aromatic N) is 2. The summed E-state index contributed by atoms with van der Waals surface area (Å²) in [5.74, 6) is -0.236. The van der Waals surface area contributed by atoms with Gasteiger partial charge in [-0.15, -0.1) is 0 Å². The molecule has 2 rings (SSSR count). The summed E-state index contributed by atoms with van der Waals surface area (Å²) in [4.78, 5) is 15.6. The molecule has 1 amide bonds. The minimum Gasteiger partial charge on any atom is -0.318 e. The van der Waals surface area contributed by atoms with Crippen molar-refractivity contribution >= 4 is 11.6 Å². The summed E-state index contributed by atoms with van der Waals surface area (Å²) in [6, 6.07) is 3.57. The van der Waals surface area contributed by atoms with E-state index in [-0.39, 0.29) is 5.91 Å². The number of amides is 1. The van der Waals surface area contributed by atoms with E-state index in [0.717, 1.165) is 5.56 Å². The molecule has 0 aliphatic heterocycles. The van der Waals surface area contributed by atoms with Crippen LogP contribution in [0.2, 0.25) is 0 Å². The van der Waals surface area contributed by atoms with Crippen LogP contribution in [0.5, 0.6) is 0 Å². The van der Waals surface area contributed by atoms with Crippen LogP contribution in [0.25, 0.3) is 0 Å². The predicted molar refractivity (Wildman–Crippen MR) is 55.5 cm³/mol. The number of carbonyl (C=O) groups excluding carboxylic acids is 1. The molecule has 15 heavy (non-hydrogen) atoms. The summed E-state index contributed by atoms with van der Waals surface area (Å²) in [6.45, 7) is 1.91. The quantitative estimate of drug-likeness (QED) is 0.772. The summed E-state index contributed by atoms with van der Waals surface area (Å²) in [7, 11) is 0. The van der Waals surface area contributed by atoms with Crippen molar-refractivity contribution in [2.75, 3.05) is 5.32 Å². The molecule has 0 atom stereocenters. The van der Waals surface area contributed by atoms with Gasteiger partial charge in [0.2, 0.25) is 0 Å². The van der Waals surface area contributed by atoms with Crippen LogP contribution in [0.3, 0.4) is 0 Å². The molecule has 5 nitrogen and oxygen atoms in total. The van der Waals surface area contributed by atoms with Crippen LogP contribution in [-0.4, -0.2) is 21.1 Å². The third kappa shape index (κ3) is 2.19. The first-order valence-electron chi connectivity index (χ1n) is 4.48. The first-order chi connectivity index (χ1) is 7.25. The molecule has 0 aliphatic rings. The lowest BCUT2D eigenvalue weighted by molar-refractivity contribution is 0.102. The molecule has 2 N–H and O–H groups in total. The fourth-order valence-corrected chi connectivity index (χ4v) is 1.17. The van der Waals surface area contributed by atoms with E-state index in [0.29, 0.717) is 11.4 Å². The lowest BCUT2D eigenvalue weighted by Crippen LogP contribution is -2.13. The fourth-order valence-electron chi connectivity index (χ4n) is 1.17. The molecular formula is C10H10N4O. The molecule has 0 unspecified atom stereocenters. The zero-order chi connectivity index (χ0) is 10.7. The van der Waals surface area contributed by atoms with Crippen molar-refractivity contribution in [1.82, 2.24) is 15.2 Å². The van der Waals surface area contributed by atoms with Gasteiger partial charge in [-0.25, -0.2) is 0 Å². The second kappa shape index (κ2) is 3.91. The van der Waals surface area contributed by atoms with Gasteiger partial charge in [0, 0.05) is 12.4 Å². The molecule has 0 aromatic carbocycles. The Labute approximate surface area is 86.5 Å². The van der Waals surface area contributed by atoms with Gasteiger partial charge >= 0.3 is 0 Å². The smallest absolute Gasteiger partial charge is 0.274 e. The molecule has 0 radical (unpaired) electrons. The standard InChI is InChI=1S/C10H10N4O/c1-7-2-3-11-9(4-7)10(15)14-8-5-12-13-6-8/h2-6H,1H3,(H,12,13)(H,14,15). The van der Waals surface area contributed by atoms with Gasteiger partial charge in [-0.1, -0.05) is 0 Å². The van der Waals surface area contributed by atoms with Crippen LogP contribution in [0.1, 0.15) is 16.1 Å². The molecule has 2 aromatic heterocycles. The van der Waals surface area contributed by atoms with Crippen LogP contribution in [-0.2, 0) is 0 Å². The van der Waals surface area contributed by atoms with Crippen LogP contribution in [0.4, 0.5) is 5.69 Å². The number of aryl methyl sites for hydroxylation is 1. The van der Waals surface area contributed by atoms with Crippen LogP contribution in [0, 0.1) is 6.92 Å². The molecule has 2 aromatic rings. The number of carbonyl (C=O) groups is 1. The van der Waals surface area contributed by atoms with Crippen molar-refractivity contribution in [3.8, 4) is 0 Å². The largest absolute Gasteiger partial charge is 0.318 e. The van der Waals surface area contributed by atoms with E-state index >= 15 is 0 Å². The maximum Gasteiger partial charge on any atom is 0.274 e. The van der Waals surface area contributed by atoms with Crippen LogP contribution >= 0.6 is 0 Å². The van der Waals surface area contributed by atoms with Gasteiger partial charge in [-0.2, -0.15) is 5.10 Å². The maximum absolute atomic E-state index is 11.6. The van der Waals surface area contributed by atoms with E-state index < -0.39 is 0 Å². The molecule has 0 saturated carbocycles. The topological polar surface area (TPSA) is 70.7 Å². The zero-order valence-electron chi connectivity index (χ0n) is 8.19. The summed E-state index contributed by atoms with van der Waals surface area (Å²) in [5, 5.41) is 9.01. The lowest BCUT2D eigenvalue weighted by Gasteiger charge is -2.01. The molecule has 0 bridgehead atoms. The van der Waals surface area contributed by atoms with E-state index in [1.807, 2.05) is 13.0 Å². The second-order valence-corrected chi connectivity index (χ2v) is 3.16. The predicted octanol–water partition coefficient (Wildman–Crippen LogP) is 1.37. The Balaban J connectivity index is 2.15. The first kappa shape index (κ1) is 9.39. The molecule has 76 valence electrons. The number of hydrogen-bond acceptors (Lipinski definition) is 3.